The fourth-order valence-electron chi connectivity index (χ4n) is 3.02. The zero-order chi connectivity index (χ0) is 20.4. The van der Waals surface area contributed by atoms with Crippen molar-refractivity contribution in [1.82, 2.24) is 9.80 Å². The van der Waals surface area contributed by atoms with Gasteiger partial charge in [-0.25, -0.2) is 9.59 Å². The molecule has 2 rings (SSSR count). The van der Waals surface area contributed by atoms with Gasteiger partial charge in [0.25, 0.3) is 0 Å². The molecule has 1 aromatic carbocycles. The van der Waals surface area contributed by atoms with Crippen LogP contribution < -0.4 is 0 Å². The molecule has 0 unspecified atom stereocenters. The Labute approximate surface area is 167 Å². The summed E-state index contributed by atoms with van der Waals surface area (Å²) in [6.07, 6.45) is 6.52. The Balaban J connectivity index is 1.84. The number of hydrogen-bond donors (Lipinski definition) is 1. The molecule has 0 saturated heterocycles. The molecule has 0 fully saturated rings. The maximum atomic E-state index is 12.4. The van der Waals surface area contributed by atoms with Crippen LogP contribution in [-0.4, -0.2) is 53.6 Å². The normalized spacial score (nSPS) is 13.9. The third kappa shape index (κ3) is 7.19. The Kier molecular flexibility index (Phi) is 8.75. The van der Waals surface area contributed by atoms with Crippen molar-refractivity contribution in [3.05, 3.63) is 59.4 Å². The molecule has 1 N–H and O–H groups in total. The lowest BCUT2D eigenvalue weighted by Crippen LogP contribution is -2.26. The van der Waals surface area contributed by atoms with E-state index in [1.54, 1.807) is 17.3 Å². The van der Waals surface area contributed by atoms with Gasteiger partial charge in [-0.3, -0.25) is 4.90 Å². The van der Waals surface area contributed by atoms with E-state index in [0.29, 0.717) is 18.7 Å². The summed E-state index contributed by atoms with van der Waals surface area (Å²) in [5, 5.41) is 9.34. The van der Waals surface area contributed by atoms with Gasteiger partial charge < -0.3 is 14.7 Å². The smallest absolute Gasteiger partial charge is 0.335 e. The van der Waals surface area contributed by atoms with Crippen molar-refractivity contribution in [3.63, 3.8) is 0 Å². The second kappa shape index (κ2) is 11.3. The minimum absolute atomic E-state index is 0.0955. The molecule has 6 nitrogen and oxygen atoms in total. The van der Waals surface area contributed by atoms with E-state index >= 15 is 0 Å². The highest BCUT2D eigenvalue weighted by molar-refractivity contribution is 5.94. The molecule has 1 aliphatic rings. The topological polar surface area (TPSA) is 70.1 Å². The van der Waals surface area contributed by atoms with Crippen molar-refractivity contribution in [3.8, 4) is 0 Å². The molecular formula is C22H30N2O4. The zero-order valence-electron chi connectivity index (χ0n) is 16.8. The number of carboxylic acids is 1. The van der Waals surface area contributed by atoms with Crippen molar-refractivity contribution < 1.29 is 19.4 Å². The highest BCUT2D eigenvalue weighted by Gasteiger charge is 2.22. The Morgan fingerprint density at radius 1 is 1.14 bits per heavy atom. The van der Waals surface area contributed by atoms with E-state index in [2.05, 4.69) is 24.0 Å². The third-order valence-corrected chi connectivity index (χ3v) is 4.58. The molecule has 0 bridgehead atoms. The van der Waals surface area contributed by atoms with E-state index in [1.807, 2.05) is 25.2 Å². The highest BCUT2D eigenvalue weighted by Crippen LogP contribution is 2.21. The first-order valence-electron chi connectivity index (χ1n) is 9.79. The summed E-state index contributed by atoms with van der Waals surface area (Å²) in [7, 11) is 1.97. The third-order valence-electron chi connectivity index (χ3n) is 4.58. The average molecular weight is 386 g/mol. The maximum Gasteiger partial charge on any atom is 0.335 e. The van der Waals surface area contributed by atoms with E-state index in [1.165, 1.54) is 5.56 Å². The number of aliphatic carboxylic acids is 1. The van der Waals surface area contributed by atoms with Crippen LogP contribution in [0.1, 0.15) is 38.2 Å². The van der Waals surface area contributed by atoms with Crippen molar-refractivity contribution >= 4 is 11.9 Å². The molecule has 1 aromatic rings. The molecule has 6 heteroatoms. The van der Waals surface area contributed by atoms with Gasteiger partial charge in [-0.05, 0) is 19.0 Å². The van der Waals surface area contributed by atoms with Gasteiger partial charge in [0.2, 0.25) is 0 Å². The van der Waals surface area contributed by atoms with Crippen LogP contribution >= 0.6 is 0 Å². The minimum Gasteiger partial charge on any atom is -0.478 e. The number of nitrogens with zero attached hydrogens (tertiary/aromatic N) is 2. The zero-order valence-corrected chi connectivity index (χ0v) is 16.8. The molecule has 0 aliphatic carbocycles. The summed E-state index contributed by atoms with van der Waals surface area (Å²) in [6.45, 7) is 4.46. The Morgan fingerprint density at radius 3 is 2.54 bits per heavy atom. The maximum absolute atomic E-state index is 12.4. The van der Waals surface area contributed by atoms with Crippen LogP contribution in [0.3, 0.4) is 0 Å². The molecule has 0 aromatic heterocycles. The molecule has 0 radical (unpaired) electrons. The van der Waals surface area contributed by atoms with E-state index in [4.69, 9.17) is 4.74 Å². The fraction of sp³-hybridized carbons (Fsp3) is 0.455. The van der Waals surface area contributed by atoms with Crippen LogP contribution in [-0.2, 0) is 20.9 Å². The molecule has 0 spiro atoms. The molecule has 1 aliphatic heterocycles. The van der Waals surface area contributed by atoms with Gasteiger partial charge in [-0.2, -0.15) is 0 Å². The van der Waals surface area contributed by atoms with Gasteiger partial charge in [0, 0.05) is 38.5 Å². The molecule has 152 valence electrons. The number of carbonyl (C=O) groups excluding carboxylic acids is 1. The van der Waals surface area contributed by atoms with Crippen molar-refractivity contribution in [2.45, 2.75) is 39.2 Å². The fourth-order valence-corrected chi connectivity index (χ4v) is 3.02. The highest BCUT2D eigenvalue weighted by atomic mass is 16.5. The van der Waals surface area contributed by atoms with Crippen LogP contribution in [0.4, 0.5) is 0 Å². The van der Waals surface area contributed by atoms with Crippen molar-refractivity contribution in [1.29, 1.82) is 0 Å². The SMILES string of the molecule is CCCCCN1C=C(C(=O)O)CC(C(=O)OCCN(C)Cc2ccccc2)=C1. The number of carbonyl (C=O) groups is 2. The van der Waals surface area contributed by atoms with E-state index < -0.39 is 11.9 Å². The molecule has 0 amide bonds. The molecule has 0 atom stereocenters. The molecular weight excluding hydrogens is 356 g/mol. The first-order chi connectivity index (χ1) is 13.5. The van der Waals surface area contributed by atoms with Crippen molar-refractivity contribution in [2.24, 2.45) is 0 Å². The number of hydrogen-bond acceptors (Lipinski definition) is 5. The lowest BCUT2D eigenvalue weighted by Gasteiger charge is -2.23. The first kappa shape index (κ1) is 21.7. The summed E-state index contributed by atoms with van der Waals surface area (Å²) in [6, 6.07) is 10.1. The summed E-state index contributed by atoms with van der Waals surface area (Å²) in [5.41, 5.74) is 1.81. The number of ether oxygens (including phenoxy) is 1. The predicted octanol–water partition coefficient (Wildman–Crippen LogP) is 3.41. The van der Waals surface area contributed by atoms with E-state index in [9.17, 15) is 14.7 Å². The molecule has 28 heavy (non-hydrogen) atoms. The number of unbranched alkanes of at least 4 members (excludes halogenated alkanes) is 2. The van der Waals surface area contributed by atoms with Gasteiger partial charge in [-0.15, -0.1) is 0 Å². The van der Waals surface area contributed by atoms with E-state index in [-0.39, 0.29) is 18.6 Å². The van der Waals surface area contributed by atoms with Crippen LogP contribution in [0.25, 0.3) is 0 Å². The van der Waals surface area contributed by atoms with E-state index in [0.717, 1.165) is 25.8 Å². The van der Waals surface area contributed by atoms with Crippen LogP contribution in [0, 0.1) is 0 Å². The Bertz CT molecular complexity index is 713. The monoisotopic (exact) mass is 386 g/mol. The summed E-state index contributed by atoms with van der Waals surface area (Å²) < 4.78 is 5.40. The van der Waals surface area contributed by atoms with Crippen LogP contribution in [0.2, 0.25) is 0 Å². The second-order valence-electron chi connectivity index (χ2n) is 7.09. The molecule has 0 saturated carbocycles. The lowest BCUT2D eigenvalue weighted by molar-refractivity contribution is -0.139. The summed E-state index contributed by atoms with van der Waals surface area (Å²) in [5.74, 6) is -1.44. The largest absolute Gasteiger partial charge is 0.478 e. The number of rotatable bonds is 11. The quantitative estimate of drug-likeness (QED) is 0.464. The number of esters is 1. The number of carboxylic acid groups (broad SMARTS) is 1. The van der Waals surface area contributed by atoms with Gasteiger partial charge in [-0.1, -0.05) is 50.1 Å². The lowest BCUT2D eigenvalue weighted by atomic mass is 10.0. The second-order valence-corrected chi connectivity index (χ2v) is 7.09. The Morgan fingerprint density at radius 2 is 1.86 bits per heavy atom. The van der Waals surface area contributed by atoms with Crippen LogP contribution in [0.15, 0.2) is 53.9 Å². The molecule has 1 heterocycles. The number of benzene rings is 1. The minimum atomic E-state index is -0.999. The summed E-state index contributed by atoms with van der Waals surface area (Å²) in [4.78, 5) is 27.7. The van der Waals surface area contributed by atoms with Gasteiger partial charge in [0.1, 0.15) is 6.61 Å². The predicted molar refractivity (Wildman–Crippen MR) is 108 cm³/mol. The van der Waals surface area contributed by atoms with Gasteiger partial charge >= 0.3 is 11.9 Å². The van der Waals surface area contributed by atoms with Crippen molar-refractivity contribution in [2.75, 3.05) is 26.7 Å². The average Bonchev–Trinajstić information content (AvgIpc) is 2.68. The van der Waals surface area contributed by atoms with Crippen LogP contribution in [0.5, 0.6) is 0 Å². The first-order valence-corrected chi connectivity index (χ1v) is 9.79. The van der Waals surface area contributed by atoms with Gasteiger partial charge in [0.15, 0.2) is 0 Å². The van der Waals surface area contributed by atoms with Gasteiger partial charge in [0.05, 0.1) is 11.1 Å². The number of likely N-dealkylation sites (N-methyl/N-ethyl adjacent to an activating group) is 1. The summed E-state index contributed by atoms with van der Waals surface area (Å²) >= 11 is 0. The standard InChI is InChI=1S/C22H30N2O4/c1-3-4-8-11-24-16-19(21(25)26)14-20(17-24)22(27)28-13-12-23(2)15-18-9-6-5-7-10-18/h5-7,9-10,16-17H,3-4,8,11-15H2,1-2H3,(H,25,26). The Hall–Kier alpha value is -2.60.